The largest absolute Gasteiger partial charge is 0.507 e. The molecule has 3 aromatic rings. The molecular weight excluding hydrogens is 238 g/mol. The molecule has 0 aliphatic rings. The first-order chi connectivity index (χ1) is 9.28. The van der Waals surface area contributed by atoms with Gasteiger partial charge in [0.15, 0.2) is 0 Å². The van der Waals surface area contributed by atoms with Crippen LogP contribution in [0.4, 0.5) is 0 Å². The fourth-order valence-electron chi connectivity index (χ4n) is 2.06. The number of nitrogens with zero attached hydrogens (tertiary/aromatic N) is 1. The van der Waals surface area contributed by atoms with Crippen LogP contribution < -0.4 is 4.74 Å². The first-order valence-corrected chi connectivity index (χ1v) is 6.01. The summed E-state index contributed by atoms with van der Waals surface area (Å²) in [6.07, 6.45) is 0. The maximum atomic E-state index is 9.96. The number of hydrogen-bond donors (Lipinski definition) is 1. The predicted octanol–water partition coefficient (Wildman–Crippen LogP) is 3.62. The highest BCUT2D eigenvalue weighted by Gasteiger charge is 2.08. The number of aromatic hydroxyl groups is 1. The summed E-state index contributed by atoms with van der Waals surface area (Å²) in [6, 6.07) is 16.9. The number of phenols is 1. The highest BCUT2D eigenvalue weighted by Crippen LogP contribution is 2.32. The summed E-state index contributed by atoms with van der Waals surface area (Å²) in [5.74, 6) is 0.895. The van der Waals surface area contributed by atoms with Crippen LogP contribution in [0.3, 0.4) is 0 Å². The fourth-order valence-corrected chi connectivity index (χ4v) is 2.06. The van der Waals surface area contributed by atoms with Crippen molar-refractivity contribution in [2.75, 3.05) is 7.11 Å². The van der Waals surface area contributed by atoms with Gasteiger partial charge in [-0.15, -0.1) is 0 Å². The number of benzene rings is 2. The molecule has 19 heavy (non-hydrogen) atoms. The van der Waals surface area contributed by atoms with Gasteiger partial charge in [-0.1, -0.05) is 24.3 Å². The van der Waals surface area contributed by atoms with Crippen molar-refractivity contribution in [2.45, 2.75) is 0 Å². The molecule has 1 N–H and O–H groups in total. The van der Waals surface area contributed by atoms with Crippen LogP contribution in [-0.4, -0.2) is 17.2 Å². The molecule has 0 saturated carbocycles. The molecule has 0 amide bonds. The van der Waals surface area contributed by atoms with E-state index in [1.54, 1.807) is 25.3 Å². The van der Waals surface area contributed by atoms with E-state index < -0.39 is 0 Å². The minimum absolute atomic E-state index is 0.198. The van der Waals surface area contributed by atoms with Crippen molar-refractivity contribution in [2.24, 2.45) is 0 Å². The number of phenolic OH excluding ortho intramolecular Hbond substituents is 1. The van der Waals surface area contributed by atoms with Gasteiger partial charge in [0.2, 0.25) is 0 Å². The zero-order valence-electron chi connectivity index (χ0n) is 10.5. The van der Waals surface area contributed by atoms with Gasteiger partial charge in [-0.25, -0.2) is 4.98 Å². The quantitative estimate of drug-likeness (QED) is 0.756. The molecule has 0 fully saturated rings. The molecule has 0 aliphatic carbocycles. The van der Waals surface area contributed by atoms with Crippen LogP contribution in [0.2, 0.25) is 0 Å². The van der Waals surface area contributed by atoms with Gasteiger partial charge in [-0.3, -0.25) is 0 Å². The van der Waals surface area contributed by atoms with Crippen molar-refractivity contribution in [3.8, 4) is 22.8 Å². The molecule has 2 aromatic carbocycles. The first kappa shape index (κ1) is 11.5. The van der Waals surface area contributed by atoms with Crippen molar-refractivity contribution in [3.63, 3.8) is 0 Å². The highest BCUT2D eigenvalue weighted by molar-refractivity contribution is 5.82. The number of aromatic nitrogens is 1. The van der Waals surface area contributed by atoms with E-state index >= 15 is 0 Å². The third-order valence-corrected chi connectivity index (χ3v) is 3.08. The highest BCUT2D eigenvalue weighted by atomic mass is 16.5. The lowest BCUT2D eigenvalue weighted by Crippen LogP contribution is -1.88. The molecule has 3 nitrogen and oxygen atoms in total. The van der Waals surface area contributed by atoms with E-state index in [1.165, 1.54) is 0 Å². The Morgan fingerprint density at radius 2 is 1.84 bits per heavy atom. The Bertz CT molecular complexity index is 738. The summed E-state index contributed by atoms with van der Waals surface area (Å²) in [6.45, 7) is 0. The topological polar surface area (TPSA) is 42.4 Å². The van der Waals surface area contributed by atoms with Crippen LogP contribution in [0.5, 0.6) is 11.5 Å². The van der Waals surface area contributed by atoms with Crippen molar-refractivity contribution >= 4 is 10.9 Å². The molecule has 1 aromatic heterocycles. The summed E-state index contributed by atoms with van der Waals surface area (Å²) in [4.78, 5) is 4.57. The maximum absolute atomic E-state index is 9.96. The Balaban J connectivity index is 2.18. The van der Waals surface area contributed by atoms with Crippen LogP contribution in [-0.2, 0) is 0 Å². The minimum Gasteiger partial charge on any atom is -0.507 e. The smallest absolute Gasteiger partial charge is 0.125 e. The number of para-hydroxylation sites is 1. The van der Waals surface area contributed by atoms with Crippen molar-refractivity contribution in [1.82, 2.24) is 4.98 Å². The molecule has 0 bridgehead atoms. The second-order valence-corrected chi connectivity index (χ2v) is 4.27. The van der Waals surface area contributed by atoms with Crippen molar-refractivity contribution < 1.29 is 9.84 Å². The summed E-state index contributed by atoms with van der Waals surface area (Å²) in [5, 5.41) is 11.0. The third kappa shape index (κ3) is 2.10. The Hall–Kier alpha value is -2.55. The van der Waals surface area contributed by atoms with E-state index in [1.807, 2.05) is 36.4 Å². The second kappa shape index (κ2) is 4.61. The van der Waals surface area contributed by atoms with Gasteiger partial charge in [0.1, 0.15) is 11.5 Å². The van der Waals surface area contributed by atoms with E-state index in [0.717, 1.165) is 16.6 Å². The summed E-state index contributed by atoms with van der Waals surface area (Å²) >= 11 is 0. The zero-order valence-corrected chi connectivity index (χ0v) is 10.5. The lowest BCUT2D eigenvalue weighted by molar-refractivity contribution is 0.412. The summed E-state index contributed by atoms with van der Waals surface area (Å²) < 4.78 is 5.18. The number of hydrogen-bond acceptors (Lipinski definition) is 3. The van der Waals surface area contributed by atoms with Gasteiger partial charge >= 0.3 is 0 Å². The van der Waals surface area contributed by atoms with Gasteiger partial charge in [0.25, 0.3) is 0 Å². The molecule has 1 heterocycles. The van der Waals surface area contributed by atoms with Gasteiger partial charge < -0.3 is 9.84 Å². The average Bonchev–Trinajstić information content (AvgIpc) is 2.47. The number of rotatable bonds is 2. The molecule has 0 aliphatic heterocycles. The molecule has 0 atom stereocenters. The fraction of sp³-hybridized carbons (Fsp3) is 0.0625. The molecule has 0 radical (unpaired) electrons. The SMILES string of the molecule is COc1ccc(O)c(-c2ccc3ccccc3n2)c1. The van der Waals surface area contributed by atoms with E-state index in [0.29, 0.717) is 11.3 Å². The van der Waals surface area contributed by atoms with Crippen LogP contribution in [0.25, 0.3) is 22.2 Å². The summed E-state index contributed by atoms with van der Waals surface area (Å²) in [5.41, 5.74) is 2.31. The van der Waals surface area contributed by atoms with Crippen LogP contribution in [0, 0.1) is 0 Å². The van der Waals surface area contributed by atoms with E-state index in [-0.39, 0.29) is 5.75 Å². The monoisotopic (exact) mass is 251 g/mol. The van der Waals surface area contributed by atoms with E-state index in [9.17, 15) is 5.11 Å². The molecule has 3 rings (SSSR count). The third-order valence-electron chi connectivity index (χ3n) is 3.08. The normalized spacial score (nSPS) is 10.6. The average molecular weight is 251 g/mol. The maximum Gasteiger partial charge on any atom is 0.125 e. The van der Waals surface area contributed by atoms with Gasteiger partial charge in [0.05, 0.1) is 18.3 Å². The number of fused-ring (bicyclic) bond motifs is 1. The molecule has 0 unspecified atom stereocenters. The van der Waals surface area contributed by atoms with E-state index in [2.05, 4.69) is 4.98 Å². The van der Waals surface area contributed by atoms with Crippen molar-refractivity contribution in [1.29, 1.82) is 0 Å². The second-order valence-electron chi connectivity index (χ2n) is 4.27. The predicted molar refractivity (Wildman–Crippen MR) is 75.4 cm³/mol. The number of ether oxygens (including phenoxy) is 1. The lowest BCUT2D eigenvalue weighted by Gasteiger charge is -2.07. The Morgan fingerprint density at radius 3 is 2.68 bits per heavy atom. The summed E-state index contributed by atoms with van der Waals surface area (Å²) in [7, 11) is 1.60. The molecular formula is C16H13NO2. The van der Waals surface area contributed by atoms with Crippen molar-refractivity contribution in [3.05, 3.63) is 54.6 Å². The van der Waals surface area contributed by atoms with Crippen LogP contribution in [0.15, 0.2) is 54.6 Å². The van der Waals surface area contributed by atoms with Gasteiger partial charge in [-0.2, -0.15) is 0 Å². The van der Waals surface area contributed by atoms with Gasteiger partial charge in [0, 0.05) is 10.9 Å². The minimum atomic E-state index is 0.198. The van der Waals surface area contributed by atoms with Crippen LogP contribution >= 0.6 is 0 Å². The molecule has 3 heteroatoms. The standard InChI is InChI=1S/C16H13NO2/c1-19-12-7-9-16(18)13(10-12)15-8-6-11-4-2-3-5-14(11)17-15/h2-10,18H,1H3. The number of pyridine rings is 1. The zero-order chi connectivity index (χ0) is 13.2. The van der Waals surface area contributed by atoms with Gasteiger partial charge in [-0.05, 0) is 30.3 Å². The Kier molecular flexibility index (Phi) is 2.80. The van der Waals surface area contributed by atoms with Crippen LogP contribution in [0.1, 0.15) is 0 Å². The first-order valence-electron chi connectivity index (χ1n) is 6.01. The lowest BCUT2D eigenvalue weighted by atomic mass is 10.1. The Morgan fingerprint density at radius 1 is 1.00 bits per heavy atom. The van der Waals surface area contributed by atoms with E-state index in [4.69, 9.17) is 4.74 Å². The number of methoxy groups -OCH3 is 1. The Labute approximate surface area is 111 Å². The molecule has 0 saturated heterocycles. The molecule has 0 spiro atoms. The molecule has 94 valence electrons.